The zero-order valence-corrected chi connectivity index (χ0v) is 12.8. The first kappa shape index (κ1) is 15.4. The van der Waals surface area contributed by atoms with Gasteiger partial charge in [-0.3, -0.25) is 4.79 Å². The van der Waals surface area contributed by atoms with Crippen molar-refractivity contribution < 1.29 is 4.79 Å². The van der Waals surface area contributed by atoms with Crippen LogP contribution in [0.15, 0.2) is 0 Å². The molecule has 108 valence electrons. The molecule has 1 N–H and O–H groups in total. The van der Waals surface area contributed by atoms with Crippen molar-refractivity contribution in [2.75, 3.05) is 12.8 Å². The van der Waals surface area contributed by atoms with Gasteiger partial charge in [0.25, 0.3) is 5.24 Å². The Bertz CT molecular complexity index is 452. The third-order valence-electron chi connectivity index (χ3n) is 3.79. The summed E-state index contributed by atoms with van der Waals surface area (Å²) in [6.45, 7) is 1.52. The van der Waals surface area contributed by atoms with Gasteiger partial charge in [0.05, 0.1) is 19.2 Å². The summed E-state index contributed by atoms with van der Waals surface area (Å²) in [6.07, 6.45) is 7.67. The molecule has 1 aliphatic rings. The van der Waals surface area contributed by atoms with Gasteiger partial charge in [0.1, 0.15) is 0 Å². The van der Waals surface area contributed by atoms with E-state index >= 15 is 0 Å². The van der Waals surface area contributed by atoms with Crippen LogP contribution in [0.4, 0.5) is 4.79 Å². The summed E-state index contributed by atoms with van der Waals surface area (Å²) in [5.74, 6) is 0.541. The van der Waals surface area contributed by atoms with E-state index in [-0.39, 0.29) is 5.24 Å². The summed E-state index contributed by atoms with van der Waals surface area (Å²) in [5.41, 5.74) is 2.36. The number of carbonyl (C=O) groups is 1. The molecule has 2 rings (SSSR count). The molecule has 1 aromatic rings. The molecule has 0 spiro atoms. The topological polar surface area (TPSA) is 59.8 Å². The molecule has 7 heteroatoms. The molecule has 0 fully saturated rings. The summed E-state index contributed by atoms with van der Waals surface area (Å²) < 4.78 is 1.95. The van der Waals surface area contributed by atoms with Crippen molar-refractivity contribution in [3.05, 3.63) is 11.4 Å². The summed E-state index contributed by atoms with van der Waals surface area (Å²) in [6, 6.07) is 0. The predicted molar refractivity (Wildman–Crippen MR) is 82.2 cm³/mol. The molecule has 2 radical (unpaired) electrons. The zero-order valence-electron chi connectivity index (χ0n) is 12.0. The van der Waals surface area contributed by atoms with Gasteiger partial charge in [-0.25, -0.2) is 4.68 Å². The maximum atomic E-state index is 11.3. The first-order valence-electron chi connectivity index (χ1n) is 7.17. The van der Waals surface area contributed by atoms with Crippen LogP contribution >= 0.6 is 11.8 Å². The van der Waals surface area contributed by atoms with E-state index in [1.54, 1.807) is 6.26 Å². The molecular formula is C13H21BN4OS. The SMILES string of the molecule is [B]CCn1nnc2c1CCCC(CNC(=O)SC)CC2. The number of hydrogen-bond donors (Lipinski definition) is 1. The highest BCUT2D eigenvalue weighted by molar-refractivity contribution is 8.12. The molecule has 1 aliphatic carbocycles. The van der Waals surface area contributed by atoms with Crippen molar-refractivity contribution in [2.45, 2.75) is 45.0 Å². The number of carbonyl (C=O) groups excluding carboxylic acids is 1. The number of nitrogens with zero attached hydrogens (tertiary/aromatic N) is 3. The van der Waals surface area contributed by atoms with E-state index in [1.807, 2.05) is 4.68 Å². The molecule has 1 atom stereocenters. The molecule has 1 amide bonds. The highest BCUT2D eigenvalue weighted by Gasteiger charge is 2.19. The summed E-state index contributed by atoms with van der Waals surface area (Å²) >= 11 is 1.23. The number of aromatic nitrogens is 3. The second-order valence-corrected chi connectivity index (χ2v) is 5.94. The number of thioether (sulfide) groups is 1. The Morgan fingerprint density at radius 1 is 1.50 bits per heavy atom. The van der Waals surface area contributed by atoms with E-state index in [1.165, 1.54) is 17.5 Å². The second kappa shape index (κ2) is 7.71. The van der Waals surface area contributed by atoms with Gasteiger partial charge >= 0.3 is 0 Å². The molecule has 5 nitrogen and oxygen atoms in total. The van der Waals surface area contributed by atoms with Gasteiger partial charge in [0.2, 0.25) is 0 Å². The van der Waals surface area contributed by atoms with Gasteiger partial charge < -0.3 is 5.32 Å². The van der Waals surface area contributed by atoms with Crippen LogP contribution in [-0.4, -0.2) is 40.9 Å². The molecule has 0 bridgehead atoms. The fourth-order valence-electron chi connectivity index (χ4n) is 2.69. The van der Waals surface area contributed by atoms with Gasteiger partial charge in [-0.15, -0.1) is 5.10 Å². The van der Waals surface area contributed by atoms with Gasteiger partial charge in [0, 0.05) is 13.1 Å². The van der Waals surface area contributed by atoms with Crippen LogP contribution in [0.5, 0.6) is 0 Å². The molecule has 1 heterocycles. The van der Waals surface area contributed by atoms with Crippen LogP contribution in [0.2, 0.25) is 6.32 Å². The van der Waals surface area contributed by atoms with E-state index in [9.17, 15) is 4.79 Å². The van der Waals surface area contributed by atoms with Crippen molar-refractivity contribution in [1.82, 2.24) is 20.3 Å². The van der Waals surface area contributed by atoms with Crippen LogP contribution in [0, 0.1) is 5.92 Å². The standard InChI is InChI=1S/C13H21BN4OS/c1-20-13(19)15-9-10-3-2-4-12-11(6-5-10)16-17-18(12)8-7-14/h10H,2-9H2,1H3,(H,15,19). The maximum Gasteiger partial charge on any atom is 0.278 e. The fraction of sp³-hybridized carbons (Fsp3) is 0.769. The van der Waals surface area contributed by atoms with Crippen molar-refractivity contribution in [1.29, 1.82) is 0 Å². The third-order valence-corrected chi connectivity index (χ3v) is 4.31. The molecule has 0 aromatic carbocycles. The summed E-state index contributed by atoms with van der Waals surface area (Å²) in [4.78, 5) is 11.3. The molecule has 0 saturated carbocycles. The Balaban J connectivity index is 1.92. The minimum atomic E-state index is 0.0571. The lowest BCUT2D eigenvalue weighted by Crippen LogP contribution is -2.27. The smallest absolute Gasteiger partial charge is 0.278 e. The highest BCUT2D eigenvalue weighted by Crippen LogP contribution is 2.22. The summed E-state index contributed by atoms with van der Waals surface area (Å²) in [5, 5.41) is 11.5. The minimum Gasteiger partial charge on any atom is -0.347 e. The Labute approximate surface area is 125 Å². The summed E-state index contributed by atoms with van der Waals surface area (Å²) in [7, 11) is 5.60. The number of aryl methyl sites for hydroxylation is 2. The number of fused-ring (bicyclic) bond motifs is 1. The van der Waals surface area contributed by atoms with Crippen LogP contribution < -0.4 is 5.32 Å². The lowest BCUT2D eigenvalue weighted by Gasteiger charge is -2.20. The van der Waals surface area contributed by atoms with Crippen molar-refractivity contribution in [3.63, 3.8) is 0 Å². The average Bonchev–Trinajstić information content (AvgIpc) is 2.79. The quantitative estimate of drug-likeness (QED) is 0.860. The van der Waals surface area contributed by atoms with Crippen LogP contribution in [0.1, 0.15) is 30.7 Å². The molecule has 20 heavy (non-hydrogen) atoms. The predicted octanol–water partition coefficient (Wildman–Crippen LogP) is 1.82. The van der Waals surface area contributed by atoms with Crippen molar-refractivity contribution >= 4 is 24.8 Å². The Morgan fingerprint density at radius 2 is 2.35 bits per heavy atom. The molecule has 0 saturated heterocycles. The van der Waals surface area contributed by atoms with Gasteiger partial charge in [0.15, 0.2) is 0 Å². The highest BCUT2D eigenvalue weighted by atomic mass is 32.2. The second-order valence-electron chi connectivity index (χ2n) is 5.16. The van der Waals surface area contributed by atoms with Gasteiger partial charge in [-0.05, 0) is 44.3 Å². The van der Waals surface area contributed by atoms with Crippen LogP contribution in [0.25, 0.3) is 0 Å². The zero-order chi connectivity index (χ0) is 14.4. The number of rotatable bonds is 4. The Hall–Kier alpha value is -0.975. The number of amides is 1. The third kappa shape index (κ3) is 4.01. The van der Waals surface area contributed by atoms with Gasteiger partial charge in [-0.2, -0.15) is 0 Å². The van der Waals surface area contributed by atoms with E-state index in [0.29, 0.717) is 12.2 Å². The normalized spacial score (nSPS) is 18.9. The van der Waals surface area contributed by atoms with Crippen LogP contribution in [-0.2, 0) is 19.4 Å². The largest absolute Gasteiger partial charge is 0.347 e. The molecule has 1 unspecified atom stereocenters. The fourth-order valence-corrected chi connectivity index (χ4v) is 2.91. The molecule has 0 aliphatic heterocycles. The maximum absolute atomic E-state index is 11.3. The van der Waals surface area contributed by atoms with Gasteiger partial charge in [-0.1, -0.05) is 23.3 Å². The van der Waals surface area contributed by atoms with Crippen LogP contribution in [0.3, 0.4) is 0 Å². The van der Waals surface area contributed by atoms with Crippen molar-refractivity contribution in [3.8, 4) is 0 Å². The first-order valence-corrected chi connectivity index (χ1v) is 8.40. The molecular weight excluding hydrogens is 271 g/mol. The lowest BCUT2D eigenvalue weighted by molar-refractivity contribution is 0.257. The average molecular weight is 292 g/mol. The lowest BCUT2D eigenvalue weighted by atomic mass is 9.91. The van der Waals surface area contributed by atoms with E-state index < -0.39 is 0 Å². The van der Waals surface area contributed by atoms with Crippen molar-refractivity contribution in [2.24, 2.45) is 5.92 Å². The molecule has 1 aromatic heterocycles. The van der Waals surface area contributed by atoms with E-state index in [0.717, 1.165) is 50.9 Å². The Kier molecular flexibility index (Phi) is 5.95. The van der Waals surface area contributed by atoms with E-state index in [4.69, 9.17) is 7.85 Å². The first-order chi connectivity index (χ1) is 9.74. The minimum absolute atomic E-state index is 0.0571. The van der Waals surface area contributed by atoms with E-state index in [2.05, 4.69) is 15.6 Å². The number of hydrogen-bond acceptors (Lipinski definition) is 4. The monoisotopic (exact) mass is 292 g/mol. The number of nitrogens with one attached hydrogen (secondary N) is 1. The Morgan fingerprint density at radius 3 is 3.10 bits per heavy atom.